The van der Waals surface area contributed by atoms with Crippen molar-refractivity contribution in [1.29, 1.82) is 0 Å². The maximum absolute atomic E-state index is 10.1. The summed E-state index contributed by atoms with van der Waals surface area (Å²) in [5, 5.41) is 16.9. The lowest BCUT2D eigenvalue weighted by atomic mass is 10.2. The monoisotopic (exact) mass is 134 g/mol. The Balaban J connectivity index is 3.83. The fourth-order valence-corrected chi connectivity index (χ4v) is 0.417. The third-order valence-electron chi connectivity index (χ3n) is 0.928. The molecule has 0 saturated heterocycles. The average molecular weight is 134 g/mol. The van der Waals surface area contributed by atoms with E-state index in [4.69, 9.17) is 16.1 Å². The van der Waals surface area contributed by atoms with Gasteiger partial charge in [0, 0.05) is 0 Å². The van der Waals surface area contributed by atoms with Crippen LogP contribution >= 0.6 is 0 Å². The van der Waals surface area contributed by atoms with Gasteiger partial charge in [-0.1, -0.05) is 0 Å². The van der Waals surface area contributed by atoms with Crippen molar-refractivity contribution >= 4 is 5.97 Å². The van der Waals surface area contributed by atoms with Gasteiger partial charge < -0.3 is 10.2 Å². The molecule has 0 saturated carbocycles. The SMILES string of the molecule is C[C@H](O)[C@@H](NN)C(=O)O. The molecule has 0 aliphatic carbocycles. The maximum atomic E-state index is 10.1. The molecule has 0 amide bonds. The quantitative estimate of drug-likeness (QED) is 0.272. The van der Waals surface area contributed by atoms with E-state index in [0.717, 1.165) is 0 Å². The van der Waals surface area contributed by atoms with Crippen molar-refractivity contribution in [2.75, 3.05) is 0 Å². The van der Waals surface area contributed by atoms with Gasteiger partial charge in [-0.3, -0.25) is 10.6 Å². The molecule has 9 heavy (non-hydrogen) atoms. The molecule has 5 nitrogen and oxygen atoms in total. The molecule has 5 N–H and O–H groups in total. The predicted molar refractivity (Wildman–Crippen MR) is 30.4 cm³/mol. The Hall–Kier alpha value is -0.650. The van der Waals surface area contributed by atoms with Gasteiger partial charge in [0.2, 0.25) is 0 Å². The van der Waals surface area contributed by atoms with Crippen LogP contribution in [0.15, 0.2) is 0 Å². The first-order valence-electron chi connectivity index (χ1n) is 2.46. The van der Waals surface area contributed by atoms with E-state index in [1.165, 1.54) is 6.92 Å². The van der Waals surface area contributed by atoms with Crippen molar-refractivity contribution in [1.82, 2.24) is 5.43 Å². The number of hydrazine groups is 1. The molecule has 0 spiro atoms. The smallest absolute Gasteiger partial charge is 0.324 e. The van der Waals surface area contributed by atoms with Gasteiger partial charge >= 0.3 is 5.97 Å². The van der Waals surface area contributed by atoms with Crippen molar-refractivity contribution in [3.63, 3.8) is 0 Å². The van der Waals surface area contributed by atoms with Crippen LogP contribution in [-0.4, -0.2) is 28.3 Å². The standard InChI is InChI=1S/C4H10N2O3/c1-2(7)3(6-5)4(8)9/h2-3,6-7H,5H2,1H3,(H,8,9)/t2-,3+/m0/s1. The number of rotatable bonds is 3. The minimum atomic E-state index is -1.16. The third-order valence-corrected chi connectivity index (χ3v) is 0.928. The van der Waals surface area contributed by atoms with Gasteiger partial charge in [0.25, 0.3) is 0 Å². The maximum Gasteiger partial charge on any atom is 0.324 e. The second-order valence-corrected chi connectivity index (χ2v) is 1.72. The van der Waals surface area contributed by atoms with Gasteiger partial charge in [-0.05, 0) is 6.92 Å². The van der Waals surface area contributed by atoms with Crippen LogP contribution in [0.2, 0.25) is 0 Å². The zero-order chi connectivity index (χ0) is 7.44. The molecule has 0 fully saturated rings. The summed E-state index contributed by atoms with van der Waals surface area (Å²) in [5.41, 5.74) is 1.95. The van der Waals surface area contributed by atoms with Crippen LogP contribution in [0.3, 0.4) is 0 Å². The highest BCUT2D eigenvalue weighted by atomic mass is 16.4. The largest absolute Gasteiger partial charge is 0.480 e. The molecule has 54 valence electrons. The summed E-state index contributed by atoms with van der Waals surface area (Å²) in [4.78, 5) is 10.1. The van der Waals surface area contributed by atoms with E-state index in [-0.39, 0.29) is 0 Å². The highest BCUT2D eigenvalue weighted by molar-refractivity contribution is 5.73. The number of carbonyl (C=O) groups is 1. The number of hydrogen-bond donors (Lipinski definition) is 4. The average Bonchev–Trinajstić information content (AvgIpc) is 1.64. The molecular formula is C4H10N2O3. The van der Waals surface area contributed by atoms with Crippen molar-refractivity contribution in [2.45, 2.75) is 19.1 Å². The van der Waals surface area contributed by atoms with Crippen LogP contribution in [-0.2, 0) is 4.79 Å². The molecule has 5 heteroatoms. The number of hydrogen-bond acceptors (Lipinski definition) is 4. The number of carboxylic acids is 1. The number of nitrogens with two attached hydrogens (primary N) is 1. The third kappa shape index (κ3) is 2.41. The van der Waals surface area contributed by atoms with E-state index in [1.54, 1.807) is 0 Å². The van der Waals surface area contributed by atoms with Crippen LogP contribution in [0.1, 0.15) is 6.92 Å². The lowest BCUT2D eigenvalue weighted by Gasteiger charge is -2.12. The Morgan fingerprint density at radius 3 is 2.22 bits per heavy atom. The molecule has 0 aromatic carbocycles. The number of aliphatic hydroxyl groups is 1. The van der Waals surface area contributed by atoms with E-state index in [1.807, 2.05) is 5.43 Å². The second-order valence-electron chi connectivity index (χ2n) is 1.72. The molecule has 0 rings (SSSR count). The van der Waals surface area contributed by atoms with Crippen LogP contribution in [0.5, 0.6) is 0 Å². The molecule has 0 aliphatic rings. The highest BCUT2D eigenvalue weighted by Crippen LogP contribution is 1.88. The molecule has 0 aromatic rings. The van der Waals surface area contributed by atoms with E-state index in [2.05, 4.69) is 0 Å². The Labute approximate surface area is 52.4 Å². The molecular weight excluding hydrogens is 124 g/mol. The summed E-state index contributed by atoms with van der Waals surface area (Å²) in [5.74, 6) is 3.62. The second kappa shape index (κ2) is 3.39. The van der Waals surface area contributed by atoms with Crippen molar-refractivity contribution in [3.05, 3.63) is 0 Å². The summed E-state index contributed by atoms with van der Waals surface area (Å²) in [6.45, 7) is 1.35. The summed E-state index contributed by atoms with van der Waals surface area (Å²) in [6, 6.07) is -1.08. The van der Waals surface area contributed by atoms with Crippen LogP contribution in [0.25, 0.3) is 0 Å². The summed E-state index contributed by atoms with van der Waals surface area (Å²) in [6.07, 6.45) is -0.979. The number of aliphatic hydroxyl groups excluding tert-OH is 1. The van der Waals surface area contributed by atoms with Gasteiger partial charge in [0.1, 0.15) is 6.04 Å². The Morgan fingerprint density at radius 2 is 2.22 bits per heavy atom. The highest BCUT2D eigenvalue weighted by Gasteiger charge is 2.20. The lowest BCUT2D eigenvalue weighted by molar-refractivity contribution is -0.142. The van der Waals surface area contributed by atoms with Gasteiger partial charge in [-0.2, -0.15) is 0 Å². The van der Waals surface area contributed by atoms with Gasteiger partial charge in [0.05, 0.1) is 6.10 Å². The fourth-order valence-electron chi connectivity index (χ4n) is 0.417. The van der Waals surface area contributed by atoms with Gasteiger partial charge in [0.15, 0.2) is 0 Å². The minimum absolute atomic E-state index is 0.979. The van der Waals surface area contributed by atoms with Crippen LogP contribution in [0, 0.1) is 0 Å². The summed E-state index contributed by atoms with van der Waals surface area (Å²) in [7, 11) is 0. The number of nitrogens with one attached hydrogen (secondary N) is 1. The molecule has 0 aromatic heterocycles. The zero-order valence-corrected chi connectivity index (χ0v) is 5.03. The fraction of sp³-hybridized carbons (Fsp3) is 0.750. The van der Waals surface area contributed by atoms with E-state index in [9.17, 15) is 4.79 Å². The molecule has 0 bridgehead atoms. The van der Waals surface area contributed by atoms with E-state index >= 15 is 0 Å². The topological polar surface area (TPSA) is 95.6 Å². The van der Waals surface area contributed by atoms with E-state index < -0.39 is 18.1 Å². The Kier molecular flexibility index (Phi) is 3.15. The minimum Gasteiger partial charge on any atom is -0.480 e. The zero-order valence-electron chi connectivity index (χ0n) is 5.03. The summed E-state index contributed by atoms with van der Waals surface area (Å²) >= 11 is 0. The first-order chi connectivity index (χ1) is 4.09. The Morgan fingerprint density at radius 1 is 1.78 bits per heavy atom. The Bertz CT molecular complexity index is 104. The first kappa shape index (κ1) is 8.35. The molecule has 0 unspecified atom stereocenters. The molecule has 0 heterocycles. The molecule has 0 aliphatic heterocycles. The summed E-state index contributed by atoms with van der Waals surface area (Å²) < 4.78 is 0. The molecule has 0 radical (unpaired) electrons. The van der Waals surface area contributed by atoms with Crippen molar-refractivity contribution in [2.24, 2.45) is 5.84 Å². The first-order valence-corrected chi connectivity index (χ1v) is 2.46. The van der Waals surface area contributed by atoms with Crippen LogP contribution < -0.4 is 11.3 Å². The van der Waals surface area contributed by atoms with E-state index in [0.29, 0.717) is 0 Å². The van der Waals surface area contributed by atoms with Gasteiger partial charge in [-0.15, -0.1) is 0 Å². The van der Waals surface area contributed by atoms with Crippen molar-refractivity contribution < 1.29 is 15.0 Å². The van der Waals surface area contributed by atoms with Crippen molar-refractivity contribution in [3.8, 4) is 0 Å². The normalized spacial score (nSPS) is 16.8. The number of carboxylic acid groups (broad SMARTS) is 1. The number of aliphatic carboxylic acids is 1. The molecule has 2 atom stereocenters. The lowest BCUT2D eigenvalue weighted by Crippen LogP contribution is -2.48. The van der Waals surface area contributed by atoms with Gasteiger partial charge in [-0.25, -0.2) is 5.43 Å². The van der Waals surface area contributed by atoms with Crippen LogP contribution in [0.4, 0.5) is 0 Å². The predicted octanol–water partition coefficient (Wildman–Crippen LogP) is -1.72.